The summed E-state index contributed by atoms with van der Waals surface area (Å²) in [6.07, 6.45) is 1.84. The number of aromatic amines is 1. The van der Waals surface area contributed by atoms with E-state index >= 15 is 0 Å². The molecule has 1 N–H and O–H groups in total. The van der Waals surface area contributed by atoms with Gasteiger partial charge in [0, 0.05) is 35.6 Å². The van der Waals surface area contributed by atoms with E-state index in [1.54, 1.807) is 19.2 Å². The lowest BCUT2D eigenvalue weighted by molar-refractivity contribution is -0.135. The number of aryl methyl sites for hydroxylation is 1. The number of carbonyl (C=O) groups is 1. The highest BCUT2D eigenvalue weighted by Crippen LogP contribution is 2.36. The third-order valence-electron chi connectivity index (χ3n) is 3.66. The molecular formula is C15H17N3O3. The smallest absolute Gasteiger partial charge is 0.312 e. The van der Waals surface area contributed by atoms with Crippen LogP contribution < -0.4 is 10.3 Å². The predicted octanol–water partition coefficient (Wildman–Crippen LogP) is 1.90. The van der Waals surface area contributed by atoms with E-state index in [9.17, 15) is 9.59 Å². The molecule has 1 aliphatic rings. The van der Waals surface area contributed by atoms with E-state index in [-0.39, 0.29) is 29.9 Å². The Morgan fingerprint density at radius 1 is 1.43 bits per heavy atom. The summed E-state index contributed by atoms with van der Waals surface area (Å²) in [5, 5.41) is 4.29. The Labute approximate surface area is 121 Å². The van der Waals surface area contributed by atoms with Gasteiger partial charge in [-0.05, 0) is 26.8 Å². The van der Waals surface area contributed by atoms with Crippen LogP contribution in [0.2, 0.25) is 0 Å². The lowest BCUT2D eigenvalue weighted by Gasteiger charge is -2.25. The van der Waals surface area contributed by atoms with Crippen LogP contribution >= 0.6 is 0 Å². The van der Waals surface area contributed by atoms with Crippen LogP contribution in [0, 0.1) is 6.92 Å². The van der Waals surface area contributed by atoms with Gasteiger partial charge in [0.15, 0.2) is 0 Å². The number of ether oxygens (including phenoxy) is 1. The molecule has 0 amide bonds. The second-order valence-corrected chi connectivity index (χ2v) is 5.58. The third kappa shape index (κ3) is 2.26. The molecule has 0 aromatic carbocycles. The van der Waals surface area contributed by atoms with Gasteiger partial charge in [-0.1, -0.05) is 0 Å². The highest BCUT2D eigenvalue weighted by Gasteiger charge is 2.33. The highest BCUT2D eigenvalue weighted by atomic mass is 16.5. The van der Waals surface area contributed by atoms with Gasteiger partial charge in [-0.2, -0.15) is 5.10 Å². The third-order valence-corrected chi connectivity index (χ3v) is 3.66. The van der Waals surface area contributed by atoms with Gasteiger partial charge in [0.05, 0.1) is 12.0 Å². The van der Waals surface area contributed by atoms with Gasteiger partial charge >= 0.3 is 5.97 Å². The Balaban J connectivity index is 2.20. The van der Waals surface area contributed by atoms with Gasteiger partial charge in [-0.25, -0.2) is 0 Å². The summed E-state index contributed by atoms with van der Waals surface area (Å²) in [5.74, 6) is -0.293. The molecule has 1 atom stereocenters. The number of hydrogen-bond acceptors (Lipinski definition) is 4. The first-order valence-electron chi connectivity index (χ1n) is 6.95. The van der Waals surface area contributed by atoms with Crippen molar-refractivity contribution in [2.24, 2.45) is 0 Å². The molecule has 2 aromatic heterocycles. The first kappa shape index (κ1) is 13.6. The molecule has 0 saturated carbocycles. The van der Waals surface area contributed by atoms with Crippen molar-refractivity contribution < 1.29 is 9.53 Å². The molecule has 6 nitrogen and oxygen atoms in total. The van der Waals surface area contributed by atoms with Crippen molar-refractivity contribution in [3.05, 3.63) is 45.6 Å². The van der Waals surface area contributed by atoms with Crippen molar-refractivity contribution in [2.45, 2.75) is 39.2 Å². The van der Waals surface area contributed by atoms with Gasteiger partial charge in [0.1, 0.15) is 5.75 Å². The molecule has 0 saturated heterocycles. The SMILES string of the molecule is Cc1cc2c(c(=O)[nH]1)[C@@H](c1ccnn1C(C)C)CC(=O)O2. The first-order chi connectivity index (χ1) is 9.97. The van der Waals surface area contributed by atoms with Gasteiger partial charge in [-0.3, -0.25) is 14.3 Å². The van der Waals surface area contributed by atoms with Crippen LogP contribution in [0.1, 0.15) is 49.2 Å². The second kappa shape index (κ2) is 4.87. The normalized spacial score (nSPS) is 17.7. The van der Waals surface area contributed by atoms with Gasteiger partial charge < -0.3 is 9.72 Å². The van der Waals surface area contributed by atoms with Crippen LogP contribution in [0.15, 0.2) is 23.1 Å². The summed E-state index contributed by atoms with van der Waals surface area (Å²) in [5.41, 5.74) is 1.82. The molecule has 0 aliphatic carbocycles. The average Bonchev–Trinajstić information content (AvgIpc) is 2.85. The molecule has 6 heteroatoms. The van der Waals surface area contributed by atoms with Crippen molar-refractivity contribution >= 4 is 5.97 Å². The fourth-order valence-corrected chi connectivity index (χ4v) is 2.80. The number of aromatic nitrogens is 3. The van der Waals surface area contributed by atoms with E-state index in [2.05, 4.69) is 10.1 Å². The Bertz CT molecular complexity index is 758. The van der Waals surface area contributed by atoms with Crippen molar-refractivity contribution in [2.75, 3.05) is 0 Å². The minimum Gasteiger partial charge on any atom is -0.426 e. The Kier molecular flexibility index (Phi) is 3.16. The van der Waals surface area contributed by atoms with Crippen LogP contribution in [-0.2, 0) is 4.79 Å². The summed E-state index contributed by atoms with van der Waals surface area (Å²) in [4.78, 5) is 26.9. The molecule has 3 rings (SSSR count). The largest absolute Gasteiger partial charge is 0.426 e. The summed E-state index contributed by atoms with van der Waals surface area (Å²) in [6, 6.07) is 3.70. The van der Waals surface area contributed by atoms with E-state index in [0.29, 0.717) is 17.0 Å². The molecule has 0 spiro atoms. The molecule has 0 bridgehead atoms. The standard InChI is InChI=1S/C15H17N3O3/c1-8(2)18-11(4-5-16-18)10-7-13(19)21-12-6-9(3)17-15(20)14(10)12/h4-6,8,10H,7H2,1-3H3,(H,17,20)/t10-/m1/s1. The van der Waals surface area contributed by atoms with Crippen LogP contribution in [0.5, 0.6) is 5.75 Å². The number of pyridine rings is 1. The average molecular weight is 287 g/mol. The number of hydrogen-bond donors (Lipinski definition) is 1. The number of nitrogens with zero attached hydrogens (tertiary/aromatic N) is 2. The van der Waals surface area contributed by atoms with E-state index < -0.39 is 0 Å². The molecule has 110 valence electrons. The predicted molar refractivity (Wildman–Crippen MR) is 76.5 cm³/mol. The van der Waals surface area contributed by atoms with Gasteiger partial charge in [0.25, 0.3) is 5.56 Å². The molecule has 3 heterocycles. The molecule has 1 aliphatic heterocycles. The Morgan fingerprint density at radius 3 is 2.90 bits per heavy atom. The van der Waals surface area contributed by atoms with E-state index in [0.717, 1.165) is 5.69 Å². The summed E-state index contributed by atoms with van der Waals surface area (Å²) in [7, 11) is 0. The Morgan fingerprint density at radius 2 is 2.19 bits per heavy atom. The van der Waals surface area contributed by atoms with Crippen molar-refractivity contribution in [1.29, 1.82) is 0 Å². The van der Waals surface area contributed by atoms with E-state index in [1.165, 1.54) is 0 Å². The Hall–Kier alpha value is -2.37. The minimum absolute atomic E-state index is 0.150. The topological polar surface area (TPSA) is 77.0 Å². The summed E-state index contributed by atoms with van der Waals surface area (Å²) in [6.45, 7) is 5.79. The minimum atomic E-state index is -0.325. The van der Waals surface area contributed by atoms with Gasteiger partial charge in [0.2, 0.25) is 0 Å². The summed E-state index contributed by atoms with van der Waals surface area (Å²) >= 11 is 0. The molecule has 0 radical (unpaired) electrons. The lowest BCUT2D eigenvalue weighted by Crippen LogP contribution is -2.29. The molecule has 0 fully saturated rings. The molecular weight excluding hydrogens is 270 g/mol. The monoisotopic (exact) mass is 287 g/mol. The number of fused-ring (bicyclic) bond motifs is 1. The quantitative estimate of drug-likeness (QED) is 0.856. The zero-order chi connectivity index (χ0) is 15.1. The van der Waals surface area contributed by atoms with Crippen LogP contribution in [0.3, 0.4) is 0 Å². The number of carbonyl (C=O) groups excluding carboxylic acids is 1. The summed E-state index contributed by atoms with van der Waals surface area (Å²) < 4.78 is 7.07. The molecule has 0 unspecified atom stereocenters. The van der Waals surface area contributed by atoms with Crippen molar-refractivity contribution in [3.8, 4) is 5.75 Å². The fourth-order valence-electron chi connectivity index (χ4n) is 2.80. The van der Waals surface area contributed by atoms with Crippen LogP contribution in [0.4, 0.5) is 0 Å². The van der Waals surface area contributed by atoms with Crippen molar-refractivity contribution in [3.63, 3.8) is 0 Å². The van der Waals surface area contributed by atoms with Crippen molar-refractivity contribution in [1.82, 2.24) is 14.8 Å². The van der Waals surface area contributed by atoms with E-state index in [1.807, 2.05) is 24.6 Å². The first-order valence-corrected chi connectivity index (χ1v) is 6.95. The van der Waals surface area contributed by atoms with Crippen LogP contribution in [0.25, 0.3) is 0 Å². The van der Waals surface area contributed by atoms with Crippen LogP contribution in [-0.4, -0.2) is 20.7 Å². The lowest BCUT2D eigenvalue weighted by atomic mass is 9.90. The maximum atomic E-state index is 12.3. The number of H-pyrrole nitrogens is 1. The zero-order valence-electron chi connectivity index (χ0n) is 12.2. The van der Waals surface area contributed by atoms with E-state index in [4.69, 9.17) is 4.74 Å². The zero-order valence-corrected chi connectivity index (χ0v) is 12.2. The number of rotatable bonds is 2. The maximum absolute atomic E-state index is 12.3. The maximum Gasteiger partial charge on any atom is 0.312 e. The number of nitrogens with one attached hydrogen (secondary N) is 1. The number of esters is 1. The second-order valence-electron chi connectivity index (χ2n) is 5.58. The molecule has 21 heavy (non-hydrogen) atoms. The molecule has 2 aromatic rings. The fraction of sp³-hybridized carbons (Fsp3) is 0.400. The highest BCUT2D eigenvalue weighted by molar-refractivity contribution is 5.77. The van der Waals surface area contributed by atoms with Gasteiger partial charge in [-0.15, -0.1) is 0 Å².